The summed E-state index contributed by atoms with van der Waals surface area (Å²) < 4.78 is 0. The van der Waals surface area contributed by atoms with Crippen LogP contribution in [0.25, 0.3) is 0 Å². The van der Waals surface area contributed by atoms with Crippen LogP contribution >= 0.6 is 11.8 Å². The lowest BCUT2D eigenvalue weighted by molar-refractivity contribution is -0.142. The monoisotopic (exact) mass is 600 g/mol. The molecule has 42 heavy (non-hydrogen) atoms. The molecule has 0 spiro atoms. The minimum absolute atomic E-state index is 0.000913. The van der Waals surface area contributed by atoms with Gasteiger partial charge in [-0.2, -0.15) is 11.8 Å². The number of amides is 4. The quantitative estimate of drug-likeness (QED) is 0.140. The van der Waals surface area contributed by atoms with Crippen molar-refractivity contribution in [1.29, 1.82) is 0 Å². The summed E-state index contributed by atoms with van der Waals surface area (Å²) in [4.78, 5) is 63.0. The van der Waals surface area contributed by atoms with E-state index in [-0.39, 0.29) is 30.9 Å². The molecular formula is C30H40N4O7S. The number of hydrogen-bond acceptors (Lipinski definition) is 7. The van der Waals surface area contributed by atoms with Gasteiger partial charge in [0.2, 0.25) is 24.1 Å². The van der Waals surface area contributed by atoms with Crippen molar-refractivity contribution in [3.8, 4) is 5.75 Å². The summed E-state index contributed by atoms with van der Waals surface area (Å²) in [6.45, 7) is 3.76. The molecule has 2 rings (SSSR count). The van der Waals surface area contributed by atoms with Crippen molar-refractivity contribution in [2.75, 3.05) is 12.0 Å². The lowest BCUT2D eigenvalue weighted by Gasteiger charge is -2.26. The zero-order valence-corrected chi connectivity index (χ0v) is 24.9. The Morgan fingerprint density at radius 3 is 1.88 bits per heavy atom. The summed E-state index contributed by atoms with van der Waals surface area (Å²) in [5.41, 5.74) is 1.32. The average molecular weight is 601 g/mol. The van der Waals surface area contributed by atoms with E-state index in [9.17, 15) is 34.2 Å². The first-order valence-corrected chi connectivity index (χ1v) is 15.1. The van der Waals surface area contributed by atoms with E-state index in [2.05, 4.69) is 21.3 Å². The van der Waals surface area contributed by atoms with E-state index in [1.54, 1.807) is 42.5 Å². The summed E-state index contributed by atoms with van der Waals surface area (Å²) in [5.74, 6) is -2.46. The largest absolute Gasteiger partial charge is 0.508 e. The van der Waals surface area contributed by atoms with Crippen LogP contribution in [-0.4, -0.2) is 76.5 Å². The topological polar surface area (TPSA) is 174 Å². The Kier molecular flexibility index (Phi) is 14.4. The van der Waals surface area contributed by atoms with Gasteiger partial charge in [-0.3, -0.25) is 19.2 Å². The number of nitrogens with one attached hydrogen (secondary N) is 4. The number of aromatic hydroxyl groups is 1. The number of rotatable bonds is 18. The Hall–Kier alpha value is -4.06. The van der Waals surface area contributed by atoms with Crippen molar-refractivity contribution in [3.63, 3.8) is 0 Å². The summed E-state index contributed by atoms with van der Waals surface area (Å²) in [6.07, 6.45) is 2.97. The molecule has 0 saturated carbocycles. The molecule has 2 aromatic carbocycles. The van der Waals surface area contributed by atoms with Gasteiger partial charge in [-0.25, -0.2) is 4.79 Å². The van der Waals surface area contributed by atoms with Gasteiger partial charge in [0.25, 0.3) is 0 Å². The molecule has 4 atom stereocenters. The molecule has 0 fully saturated rings. The molecule has 4 unspecified atom stereocenters. The molecular weight excluding hydrogens is 560 g/mol. The third kappa shape index (κ3) is 11.8. The molecule has 11 nitrogen and oxygen atoms in total. The van der Waals surface area contributed by atoms with Crippen molar-refractivity contribution in [3.05, 3.63) is 65.7 Å². The van der Waals surface area contributed by atoms with E-state index in [1.807, 2.05) is 20.1 Å². The number of carboxylic acid groups (broad SMARTS) is 1. The van der Waals surface area contributed by atoms with Crippen LogP contribution in [0.15, 0.2) is 54.6 Å². The normalized spacial score (nSPS) is 13.7. The number of phenols is 1. The van der Waals surface area contributed by atoms with Crippen LogP contribution in [0.2, 0.25) is 0 Å². The first kappa shape index (κ1) is 34.1. The zero-order valence-electron chi connectivity index (χ0n) is 24.0. The van der Waals surface area contributed by atoms with Crippen LogP contribution in [0, 0.1) is 5.92 Å². The lowest BCUT2D eigenvalue weighted by atomic mass is 10.00. The van der Waals surface area contributed by atoms with Crippen LogP contribution in [0.3, 0.4) is 0 Å². The van der Waals surface area contributed by atoms with Gasteiger partial charge in [0, 0.05) is 12.8 Å². The van der Waals surface area contributed by atoms with Gasteiger partial charge in [0.15, 0.2) is 0 Å². The Balaban J connectivity index is 2.28. The highest BCUT2D eigenvalue weighted by molar-refractivity contribution is 7.98. The molecule has 0 aliphatic carbocycles. The zero-order chi connectivity index (χ0) is 31.1. The predicted molar refractivity (Wildman–Crippen MR) is 161 cm³/mol. The highest BCUT2D eigenvalue weighted by Gasteiger charge is 2.31. The molecule has 12 heteroatoms. The Morgan fingerprint density at radius 2 is 1.31 bits per heavy atom. The molecule has 0 saturated heterocycles. The van der Waals surface area contributed by atoms with Crippen LogP contribution < -0.4 is 21.3 Å². The van der Waals surface area contributed by atoms with Crippen molar-refractivity contribution < 1.29 is 34.2 Å². The molecule has 228 valence electrons. The second kappa shape index (κ2) is 17.7. The molecule has 2 aromatic rings. The number of thioether (sulfide) groups is 1. The number of benzene rings is 2. The molecule has 0 heterocycles. The SMILES string of the molecule is CSCCC(NC=O)C(=O)NC(CC(C)C)C(=O)NC(Cc1ccc(O)cc1)C(=O)NC(Cc1ccccc1)C(=O)O. The second-order valence-corrected chi connectivity index (χ2v) is 11.3. The van der Waals surface area contributed by atoms with E-state index in [0.717, 1.165) is 0 Å². The third-order valence-electron chi connectivity index (χ3n) is 6.44. The Labute approximate surface area is 250 Å². The fourth-order valence-corrected chi connectivity index (χ4v) is 4.73. The molecule has 4 amide bonds. The van der Waals surface area contributed by atoms with Crippen LogP contribution in [0.1, 0.15) is 37.8 Å². The number of carbonyl (C=O) groups excluding carboxylic acids is 4. The third-order valence-corrected chi connectivity index (χ3v) is 7.09. The number of aliphatic carboxylic acids is 1. The molecule has 0 aromatic heterocycles. The molecule has 6 N–H and O–H groups in total. The van der Waals surface area contributed by atoms with E-state index in [0.29, 0.717) is 29.7 Å². The maximum atomic E-state index is 13.5. The molecule has 0 aliphatic heterocycles. The van der Waals surface area contributed by atoms with Crippen molar-refractivity contribution in [2.24, 2.45) is 5.92 Å². The standard InChI is InChI=1S/C30H40N4O7S/c1-19(2)15-24(32-27(37)23(31-18-35)13-14-42-3)28(38)33-25(16-21-9-11-22(36)12-10-21)29(39)34-26(30(40)41)17-20-7-5-4-6-8-20/h4-12,18-19,23-26,36H,13-17H2,1-3H3,(H,31,35)(H,32,37)(H,33,38)(H,34,39)(H,40,41). The van der Waals surface area contributed by atoms with E-state index >= 15 is 0 Å². The average Bonchev–Trinajstić information content (AvgIpc) is 2.95. The first-order valence-electron chi connectivity index (χ1n) is 13.7. The Morgan fingerprint density at radius 1 is 0.786 bits per heavy atom. The van der Waals surface area contributed by atoms with E-state index in [4.69, 9.17) is 0 Å². The molecule has 0 radical (unpaired) electrons. The van der Waals surface area contributed by atoms with Gasteiger partial charge < -0.3 is 31.5 Å². The van der Waals surface area contributed by atoms with Gasteiger partial charge in [0.05, 0.1) is 0 Å². The number of hydrogen-bond donors (Lipinski definition) is 6. The van der Waals surface area contributed by atoms with Gasteiger partial charge in [-0.15, -0.1) is 0 Å². The van der Waals surface area contributed by atoms with Gasteiger partial charge in [-0.05, 0) is 54.0 Å². The van der Waals surface area contributed by atoms with Gasteiger partial charge in [0.1, 0.15) is 29.9 Å². The number of phenolic OH excluding ortho intramolecular Hbond substituents is 1. The molecule has 0 bridgehead atoms. The van der Waals surface area contributed by atoms with E-state index in [1.165, 1.54) is 23.9 Å². The van der Waals surface area contributed by atoms with Crippen molar-refractivity contribution >= 4 is 41.9 Å². The van der Waals surface area contributed by atoms with E-state index < -0.39 is 47.9 Å². The minimum atomic E-state index is -1.25. The maximum Gasteiger partial charge on any atom is 0.326 e. The second-order valence-electron chi connectivity index (χ2n) is 10.3. The summed E-state index contributed by atoms with van der Waals surface area (Å²) in [5, 5.41) is 29.9. The highest BCUT2D eigenvalue weighted by atomic mass is 32.2. The van der Waals surface area contributed by atoms with Crippen molar-refractivity contribution in [2.45, 2.75) is 63.7 Å². The van der Waals surface area contributed by atoms with Crippen molar-refractivity contribution in [1.82, 2.24) is 21.3 Å². The van der Waals surface area contributed by atoms with Crippen LogP contribution in [-0.2, 0) is 36.8 Å². The summed E-state index contributed by atoms with van der Waals surface area (Å²) >= 11 is 1.51. The summed E-state index contributed by atoms with van der Waals surface area (Å²) in [6, 6.07) is 10.6. The van der Waals surface area contributed by atoms with Gasteiger partial charge in [-0.1, -0.05) is 56.3 Å². The maximum absolute atomic E-state index is 13.5. The van der Waals surface area contributed by atoms with Crippen LogP contribution in [0.5, 0.6) is 5.75 Å². The Bertz CT molecular complexity index is 1180. The fraction of sp³-hybridized carbons (Fsp3) is 0.433. The predicted octanol–water partition coefficient (Wildman–Crippen LogP) is 1.63. The molecule has 0 aliphatic rings. The highest BCUT2D eigenvalue weighted by Crippen LogP contribution is 2.13. The number of carbonyl (C=O) groups is 5. The van der Waals surface area contributed by atoms with Gasteiger partial charge >= 0.3 is 5.97 Å². The van der Waals surface area contributed by atoms with Crippen LogP contribution in [0.4, 0.5) is 0 Å². The number of carboxylic acids is 1. The summed E-state index contributed by atoms with van der Waals surface area (Å²) in [7, 11) is 0. The smallest absolute Gasteiger partial charge is 0.326 e. The lowest BCUT2D eigenvalue weighted by Crippen LogP contribution is -2.58. The minimum Gasteiger partial charge on any atom is -0.508 e. The first-order chi connectivity index (χ1) is 20.0. The fourth-order valence-electron chi connectivity index (χ4n) is 4.25.